The number of piperidine rings is 1. The topological polar surface area (TPSA) is 29.5 Å². The molecule has 104 valence electrons. The van der Waals surface area contributed by atoms with Crippen LogP contribution >= 0.6 is 11.3 Å². The average molecular weight is 279 g/mol. The van der Waals surface area contributed by atoms with Crippen molar-refractivity contribution in [3.8, 4) is 0 Å². The van der Waals surface area contributed by atoms with E-state index in [2.05, 4.69) is 22.4 Å². The van der Waals surface area contributed by atoms with E-state index >= 15 is 0 Å². The molecule has 1 amide bonds. The quantitative estimate of drug-likeness (QED) is 0.833. The van der Waals surface area contributed by atoms with Crippen molar-refractivity contribution in [2.75, 3.05) is 26.3 Å². The monoisotopic (exact) mass is 279 g/mol. The van der Waals surface area contributed by atoms with E-state index in [1.165, 1.54) is 11.3 Å². The Morgan fingerprint density at radius 1 is 1.21 bits per heavy atom. The van der Waals surface area contributed by atoms with Crippen molar-refractivity contribution < 1.29 is 9.53 Å². The van der Waals surface area contributed by atoms with Gasteiger partial charge in [-0.1, -0.05) is 6.07 Å². The SMILES string of the molecule is O=C(N1CCCCC1)C1(c2cccs2)CCOCC1. The van der Waals surface area contributed by atoms with E-state index < -0.39 is 0 Å². The highest BCUT2D eigenvalue weighted by Crippen LogP contribution is 2.39. The third-order valence-electron chi connectivity index (χ3n) is 4.39. The third kappa shape index (κ3) is 2.43. The van der Waals surface area contributed by atoms with Crippen molar-refractivity contribution in [2.24, 2.45) is 0 Å². The van der Waals surface area contributed by atoms with Crippen LogP contribution in [0, 0.1) is 0 Å². The molecule has 0 unspecified atom stereocenters. The number of hydrogen-bond acceptors (Lipinski definition) is 3. The predicted molar refractivity (Wildman–Crippen MR) is 76.5 cm³/mol. The summed E-state index contributed by atoms with van der Waals surface area (Å²) in [6.07, 6.45) is 5.25. The molecule has 19 heavy (non-hydrogen) atoms. The maximum absolute atomic E-state index is 13.1. The lowest BCUT2D eigenvalue weighted by Crippen LogP contribution is -2.50. The van der Waals surface area contributed by atoms with Gasteiger partial charge in [-0.3, -0.25) is 4.79 Å². The first-order valence-corrected chi connectivity index (χ1v) is 8.12. The molecule has 0 spiro atoms. The van der Waals surface area contributed by atoms with Gasteiger partial charge in [0.15, 0.2) is 0 Å². The lowest BCUT2D eigenvalue weighted by atomic mass is 9.77. The molecule has 2 aliphatic rings. The Kier molecular flexibility index (Phi) is 3.89. The first-order chi connectivity index (χ1) is 9.33. The van der Waals surface area contributed by atoms with E-state index in [0.717, 1.165) is 38.8 Å². The summed E-state index contributed by atoms with van der Waals surface area (Å²) in [6.45, 7) is 3.29. The van der Waals surface area contributed by atoms with Gasteiger partial charge in [0, 0.05) is 31.2 Å². The molecule has 3 nitrogen and oxygen atoms in total. The molecule has 1 aromatic heterocycles. The summed E-state index contributed by atoms with van der Waals surface area (Å²) < 4.78 is 5.49. The minimum Gasteiger partial charge on any atom is -0.381 e. The summed E-state index contributed by atoms with van der Waals surface area (Å²) in [4.78, 5) is 16.4. The molecule has 0 saturated carbocycles. The van der Waals surface area contributed by atoms with E-state index in [0.29, 0.717) is 19.1 Å². The molecule has 0 radical (unpaired) electrons. The molecular weight excluding hydrogens is 258 g/mol. The van der Waals surface area contributed by atoms with Crippen LogP contribution in [0.15, 0.2) is 17.5 Å². The molecule has 0 aliphatic carbocycles. The van der Waals surface area contributed by atoms with Crippen molar-refractivity contribution in [2.45, 2.75) is 37.5 Å². The van der Waals surface area contributed by atoms with E-state index in [1.807, 2.05) is 0 Å². The Hall–Kier alpha value is -0.870. The lowest BCUT2D eigenvalue weighted by molar-refractivity contribution is -0.142. The van der Waals surface area contributed by atoms with E-state index in [9.17, 15) is 4.79 Å². The fourth-order valence-electron chi connectivity index (χ4n) is 3.24. The zero-order valence-corrected chi connectivity index (χ0v) is 12.1. The minimum absolute atomic E-state index is 0.302. The second kappa shape index (κ2) is 5.63. The molecule has 0 N–H and O–H groups in total. The van der Waals surface area contributed by atoms with Crippen LogP contribution in [-0.2, 0) is 14.9 Å². The number of hydrogen-bond donors (Lipinski definition) is 0. The Labute approximate surface area is 118 Å². The standard InChI is InChI=1S/C15H21NO2S/c17-14(16-8-2-1-3-9-16)15(6-10-18-11-7-15)13-5-4-12-19-13/h4-5,12H,1-3,6-11H2. The van der Waals surface area contributed by atoms with Crippen LogP contribution < -0.4 is 0 Å². The second-order valence-corrected chi connectivity index (χ2v) is 6.47. The van der Waals surface area contributed by atoms with Crippen LogP contribution in [0.25, 0.3) is 0 Å². The van der Waals surface area contributed by atoms with Crippen LogP contribution in [0.5, 0.6) is 0 Å². The van der Waals surface area contributed by atoms with E-state index in [4.69, 9.17) is 4.74 Å². The maximum atomic E-state index is 13.1. The fraction of sp³-hybridized carbons (Fsp3) is 0.667. The zero-order valence-electron chi connectivity index (χ0n) is 11.3. The van der Waals surface area contributed by atoms with Crippen LogP contribution in [0.3, 0.4) is 0 Å². The fourth-order valence-corrected chi connectivity index (χ4v) is 4.21. The average Bonchev–Trinajstić information content (AvgIpc) is 3.03. The first kappa shape index (κ1) is 13.1. The van der Waals surface area contributed by atoms with Crippen molar-refractivity contribution in [3.63, 3.8) is 0 Å². The second-order valence-electron chi connectivity index (χ2n) is 5.52. The van der Waals surface area contributed by atoms with E-state index in [1.54, 1.807) is 11.3 Å². The van der Waals surface area contributed by atoms with Crippen LogP contribution in [-0.4, -0.2) is 37.1 Å². The first-order valence-electron chi connectivity index (χ1n) is 7.24. The molecule has 4 heteroatoms. The molecule has 0 bridgehead atoms. The van der Waals surface area contributed by atoms with Crippen LogP contribution in [0.1, 0.15) is 37.0 Å². The highest BCUT2D eigenvalue weighted by atomic mass is 32.1. The van der Waals surface area contributed by atoms with Crippen molar-refractivity contribution in [3.05, 3.63) is 22.4 Å². The molecular formula is C15H21NO2S. The van der Waals surface area contributed by atoms with Gasteiger partial charge in [0.25, 0.3) is 0 Å². The molecule has 2 saturated heterocycles. The van der Waals surface area contributed by atoms with Gasteiger partial charge >= 0.3 is 0 Å². The van der Waals surface area contributed by atoms with Gasteiger partial charge in [-0.2, -0.15) is 0 Å². The maximum Gasteiger partial charge on any atom is 0.234 e. The number of rotatable bonds is 2. The van der Waals surface area contributed by atoms with E-state index in [-0.39, 0.29) is 5.41 Å². The highest BCUT2D eigenvalue weighted by molar-refractivity contribution is 7.10. The highest BCUT2D eigenvalue weighted by Gasteiger charge is 2.44. The molecule has 3 heterocycles. The largest absolute Gasteiger partial charge is 0.381 e. The summed E-state index contributed by atoms with van der Waals surface area (Å²) in [5, 5.41) is 2.08. The summed E-state index contributed by atoms with van der Waals surface area (Å²) in [6, 6.07) is 4.18. The normalized spacial score (nSPS) is 23.3. The van der Waals surface area contributed by atoms with Crippen LogP contribution in [0.2, 0.25) is 0 Å². The van der Waals surface area contributed by atoms with Crippen LogP contribution in [0.4, 0.5) is 0 Å². The van der Waals surface area contributed by atoms with Gasteiger partial charge in [-0.25, -0.2) is 0 Å². The van der Waals surface area contributed by atoms with Gasteiger partial charge in [0.1, 0.15) is 0 Å². The number of likely N-dealkylation sites (tertiary alicyclic amines) is 1. The van der Waals surface area contributed by atoms with Gasteiger partial charge in [-0.15, -0.1) is 11.3 Å². The van der Waals surface area contributed by atoms with Gasteiger partial charge < -0.3 is 9.64 Å². The van der Waals surface area contributed by atoms with Gasteiger partial charge in [0.05, 0.1) is 5.41 Å². The molecule has 0 atom stereocenters. The minimum atomic E-state index is -0.302. The molecule has 1 aromatic rings. The predicted octanol–water partition coefficient (Wildman–Crippen LogP) is 2.81. The van der Waals surface area contributed by atoms with Gasteiger partial charge in [-0.05, 0) is 43.6 Å². The molecule has 2 aliphatic heterocycles. The van der Waals surface area contributed by atoms with Crippen molar-refractivity contribution in [1.29, 1.82) is 0 Å². The number of thiophene rings is 1. The summed E-state index contributed by atoms with van der Waals surface area (Å²) in [5.41, 5.74) is -0.302. The Bertz CT molecular complexity index is 417. The number of nitrogens with zero attached hydrogens (tertiary/aromatic N) is 1. The number of ether oxygens (including phenoxy) is 1. The molecule has 0 aromatic carbocycles. The number of carbonyl (C=O) groups is 1. The summed E-state index contributed by atoms with van der Waals surface area (Å²) >= 11 is 1.72. The Morgan fingerprint density at radius 3 is 2.58 bits per heavy atom. The number of carbonyl (C=O) groups excluding carboxylic acids is 1. The Balaban J connectivity index is 1.88. The van der Waals surface area contributed by atoms with Crippen molar-refractivity contribution >= 4 is 17.2 Å². The number of amides is 1. The molecule has 3 rings (SSSR count). The Morgan fingerprint density at radius 2 is 1.95 bits per heavy atom. The van der Waals surface area contributed by atoms with Gasteiger partial charge in [0.2, 0.25) is 5.91 Å². The summed E-state index contributed by atoms with van der Waals surface area (Å²) in [7, 11) is 0. The summed E-state index contributed by atoms with van der Waals surface area (Å²) in [5.74, 6) is 0.345. The molecule has 2 fully saturated rings. The zero-order chi connectivity index (χ0) is 13.1. The van der Waals surface area contributed by atoms with Crippen molar-refractivity contribution in [1.82, 2.24) is 4.90 Å². The third-order valence-corrected chi connectivity index (χ3v) is 5.47. The lowest BCUT2D eigenvalue weighted by Gasteiger charge is -2.40. The smallest absolute Gasteiger partial charge is 0.234 e.